The van der Waals surface area contributed by atoms with Crippen molar-refractivity contribution < 1.29 is 9.72 Å². The van der Waals surface area contributed by atoms with Crippen LogP contribution in [0.15, 0.2) is 24.3 Å². The first-order chi connectivity index (χ1) is 7.13. The van der Waals surface area contributed by atoms with Crippen LogP contribution in [0.1, 0.15) is 13.3 Å². The highest BCUT2D eigenvalue weighted by Gasteiger charge is 2.03. The van der Waals surface area contributed by atoms with Gasteiger partial charge in [0.05, 0.1) is 10.6 Å². The predicted octanol–water partition coefficient (Wildman–Crippen LogP) is 1.45. The monoisotopic (exact) mass is 209 g/mol. The highest BCUT2D eigenvalue weighted by Crippen LogP contribution is 2.14. The predicted molar refractivity (Wildman–Crippen MR) is 55.2 cm³/mol. The number of hydrazine groups is 1. The van der Waals surface area contributed by atoms with Crippen molar-refractivity contribution in [1.29, 1.82) is 0 Å². The molecule has 2 N–H and O–H groups in total. The van der Waals surface area contributed by atoms with E-state index in [0.29, 0.717) is 12.1 Å². The quantitative estimate of drug-likeness (QED) is 0.580. The summed E-state index contributed by atoms with van der Waals surface area (Å²) in [6, 6.07) is 5.77. The van der Waals surface area contributed by atoms with Gasteiger partial charge in [0.1, 0.15) is 0 Å². The van der Waals surface area contributed by atoms with Crippen molar-refractivity contribution in [2.45, 2.75) is 13.3 Å². The molecular formula is C9H11N3O3. The average molecular weight is 209 g/mol. The molecule has 1 aromatic carbocycles. The van der Waals surface area contributed by atoms with Gasteiger partial charge in [0, 0.05) is 18.6 Å². The minimum Gasteiger partial charge on any atom is -0.299 e. The summed E-state index contributed by atoms with van der Waals surface area (Å²) in [4.78, 5) is 20.7. The van der Waals surface area contributed by atoms with Gasteiger partial charge in [-0.2, -0.15) is 0 Å². The Hall–Kier alpha value is -2.11. The van der Waals surface area contributed by atoms with Gasteiger partial charge in [-0.05, 0) is 12.1 Å². The van der Waals surface area contributed by atoms with Crippen LogP contribution in [0.5, 0.6) is 0 Å². The molecule has 0 radical (unpaired) electrons. The molecular weight excluding hydrogens is 198 g/mol. The minimum atomic E-state index is -0.478. The molecule has 0 atom stereocenters. The lowest BCUT2D eigenvalue weighted by Gasteiger charge is -2.06. The molecule has 0 aliphatic rings. The molecule has 0 bridgehead atoms. The Bertz CT molecular complexity index is 361. The lowest BCUT2D eigenvalue weighted by molar-refractivity contribution is -0.384. The van der Waals surface area contributed by atoms with Crippen molar-refractivity contribution >= 4 is 17.3 Å². The van der Waals surface area contributed by atoms with Crippen LogP contribution in [0, 0.1) is 10.1 Å². The first kappa shape index (κ1) is 11.0. The number of anilines is 1. The molecule has 80 valence electrons. The van der Waals surface area contributed by atoms with Crippen molar-refractivity contribution in [3.63, 3.8) is 0 Å². The van der Waals surface area contributed by atoms with E-state index in [-0.39, 0.29) is 11.6 Å². The summed E-state index contributed by atoms with van der Waals surface area (Å²) in [6.45, 7) is 1.73. The third-order valence-electron chi connectivity index (χ3n) is 1.75. The van der Waals surface area contributed by atoms with E-state index in [1.807, 2.05) is 0 Å². The molecule has 0 fully saturated rings. The number of hydrogen-bond donors (Lipinski definition) is 2. The summed E-state index contributed by atoms with van der Waals surface area (Å²) in [5.74, 6) is -0.145. The van der Waals surface area contributed by atoms with Gasteiger partial charge in [-0.1, -0.05) is 6.92 Å². The third-order valence-corrected chi connectivity index (χ3v) is 1.75. The van der Waals surface area contributed by atoms with Crippen molar-refractivity contribution in [3.05, 3.63) is 34.4 Å². The van der Waals surface area contributed by atoms with Crippen molar-refractivity contribution in [2.75, 3.05) is 5.43 Å². The van der Waals surface area contributed by atoms with Gasteiger partial charge in [0.15, 0.2) is 0 Å². The lowest BCUT2D eigenvalue weighted by Crippen LogP contribution is -2.28. The minimum absolute atomic E-state index is 0.0161. The number of nitrogens with one attached hydrogen (secondary N) is 2. The van der Waals surface area contributed by atoms with Crippen molar-refractivity contribution in [2.24, 2.45) is 0 Å². The molecule has 0 aromatic heterocycles. The summed E-state index contributed by atoms with van der Waals surface area (Å²) in [7, 11) is 0. The number of hydrogen-bond acceptors (Lipinski definition) is 4. The zero-order valence-electron chi connectivity index (χ0n) is 8.19. The number of carbonyl (C=O) groups excluding carboxylic acids is 1. The van der Waals surface area contributed by atoms with Crippen LogP contribution in [-0.2, 0) is 4.79 Å². The van der Waals surface area contributed by atoms with Crippen LogP contribution >= 0.6 is 0 Å². The maximum atomic E-state index is 10.9. The van der Waals surface area contributed by atoms with Gasteiger partial charge in [0.2, 0.25) is 5.91 Å². The second-order valence-corrected chi connectivity index (χ2v) is 2.83. The zero-order valence-corrected chi connectivity index (χ0v) is 8.19. The number of carbonyl (C=O) groups is 1. The van der Waals surface area contributed by atoms with Gasteiger partial charge in [-0.25, -0.2) is 0 Å². The summed E-state index contributed by atoms with van der Waals surface area (Å²) in [6.07, 6.45) is 0.375. The Morgan fingerprint density at radius 2 is 2.00 bits per heavy atom. The molecule has 1 amide bonds. The largest absolute Gasteiger partial charge is 0.299 e. The normalized spacial score (nSPS) is 9.40. The van der Waals surface area contributed by atoms with E-state index in [0.717, 1.165) is 0 Å². The average Bonchev–Trinajstić information content (AvgIpc) is 2.26. The number of benzene rings is 1. The van der Waals surface area contributed by atoms with Crippen LogP contribution in [-0.4, -0.2) is 10.8 Å². The third kappa shape index (κ3) is 3.26. The molecule has 0 heterocycles. The van der Waals surface area contributed by atoms with Gasteiger partial charge < -0.3 is 0 Å². The Morgan fingerprint density at radius 1 is 1.40 bits per heavy atom. The maximum absolute atomic E-state index is 10.9. The van der Waals surface area contributed by atoms with E-state index in [2.05, 4.69) is 10.9 Å². The van der Waals surface area contributed by atoms with Crippen LogP contribution in [0.2, 0.25) is 0 Å². The summed E-state index contributed by atoms with van der Waals surface area (Å²) in [5.41, 5.74) is 5.69. The smallest absolute Gasteiger partial charge is 0.269 e. The standard InChI is InChI=1S/C9H11N3O3/c1-2-9(13)11-10-7-3-5-8(6-4-7)12(14)15/h3-6,10H,2H2,1H3,(H,11,13). The van der Waals surface area contributed by atoms with E-state index in [1.54, 1.807) is 6.92 Å². The molecule has 0 spiro atoms. The van der Waals surface area contributed by atoms with Crippen LogP contribution < -0.4 is 10.9 Å². The second kappa shape index (κ2) is 4.94. The van der Waals surface area contributed by atoms with Gasteiger partial charge in [-0.3, -0.25) is 25.8 Å². The first-order valence-electron chi connectivity index (χ1n) is 4.42. The van der Waals surface area contributed by atoms with Crippen LogP contribution in [0.4, 0.5) is 11.4 Å². The second-order valence-electron chi connectivity index (χ2n) is 2.83. The van der Waals surface area contributed by atoms with E-state index >= 15 is 0 Å². The Balaban J connectivity index is 2.57. The molecule has 6 heteroatoms. The Kier molecular flexibility index (Phi) is 3.61. The molecule has 0 unspecified atom stereocenters. The number of nitro benzene ring substituents is 1. The number of non-ortho nitro benzene ring substituents is 1. The zero-order chi connectivity index (χ0) is 11.3. The fraction of sp³-hybridized carbons (Fsp3) is 0.222. The Labute approximate surface area is 86.4 Å². The molecule has 1 aromatic rings. The highest BCUT2D eigenvalue weighted by molar-refractivity contribution is 5.77. The van der Waals surface area contributed by atoms with E-state index in [4.69, 9.17) is 0 Å². The van der Waals surface area contributed by atoms with Crippen molar-refractivity contribution in [3.8, 4) is 0 Å². The van der Waals surface area contributed by atoms with Crippen molar-refractivity contribution in [1.82, 2.24) is 5.43 Å². The molecule has 6 nitrogen and oxygen atoms in total. The van der Waals surface area contributed by atoms with Crippen LogP contribution in [0.3, 0.4) is 0 Å². The number of amides is 1. The number of rotatable bonds is 4. The lowest BCUT2D eigenvalue weighted by atomic mass is 10.3. The SMILES string of the molecule is CCC(=O)NNc1ccc([N+](=O)[O-])cc1. The van der Waals surface area contributed by atoms with Gasteiger partial charge in [-0.15, -0.1) is 0 Å². The Morgan fingerprint density at radius 3 is 2.47 bits per heavy atom. The van der Waals surface area contributed by atoms with Gasteiger partial charge in [0.25, 0.3) is 5.69 Å². The molecule has 0 aliphatic heterocycles. The fourth-order valence-electron chi connectivity index (χ4n) is 0.897. The molecule has 1 rings (SSSR count). The number of nitrogens with zero attached hydrogens (tertiary/aromatic N) is 1. The first-order valence-corrected chi connectivity index (χ1v) is 4.42. The molecule has 0 saturated carbocycles. The highest BCUT2D eigenvalue weighted by atomic mass is 16.6. The van der Waals surface area contributed by atoms with E-state index in [1.165, 1.54) is 24.3 Å². The van der Waals surface area contributed by atoms with E-state index in [9.17, 15) is 14.9 Å². The molecule has 15 heavy (non-hydrogen) atoms. The fourth-order valence-corrected chi connectivity index (χ4v) is 0.897. The van der Waals surface area contributed by atoms with Crippen LogP contribution in [0.25, 0.3) is 0 Å². The topological polar surface area (TPSA) is 84.3 Å². The number of nitro groups is 1. The summed E-state index contributed by atoms with van der Waals surface area (Å²) >= 11 is 0. The summed E-state index contributed by atoms with van der Waals surface area (Å²) < 4.78 is 0. The van der Waals surface area contributed by atoms with Gasteiger partial charge >= 0.3 is 0 Å². The summed E-state index contributed by atoms with van der Waals surface area (Å²) in [5, 5.41) is 10.3. The molecule has 0 saturated heterocycles. The molecule has 0 aliphatic carbocycles. The maximum Gasteiger partial charge on any atom is 0.269 e. The van der Waals surface area contributed by atoms with E-state index < -0.39 is 4.92 Å².